The van der Waals surface area contributed by atoms with E-state index in [1.165, 1.54) is 0 Å². The summed E-state index contributed by atoms with van der Waals surface area (Å²) in [5, 5.41) is 9.89. The number of hydrogen-bond donors (Lipinski definition) is 1. The number of aliphatic hydroxyl groups is 1. The third-order valence-electron chi connectivity index (χ3n) is 5.53. The summed E-state index contributed by atoms with van der Waals surface area (Å²) in [6.45, 7) is 7.68. The summed E-state index contributed by atoms with van der Waals surface area (Å²) >= 11 is 0. The second-order valence-corrected chi connectivity index (χ2v) is 8.81. The van der Waals surface area contributed by atoms with Gasteiger partial charge < -0.3 is 24.4 Å². The predicted octanol–water partition coefficient (Wildman–Crippen LogP) is 2.87. The summed E-state index contributed by atoms with van der Waals surface area (Å²) in [5.41, 5.74) is 0.0667. The molecule has 7 heteroatoms. The first-order valence-electron chi connectivity index (χ1n) is 9.77. The Morgan fingerprint density at radius 1 is 1.14 bits per heavy atom. The summed E-state index contributed by atoms with van der Waals surface area (Å²) in [5.74, 6) is -0.0769. The van der Waals surface area contributed by atoms with Crippen LogP contribution in [0.15, 0.2) is 30.3 Å². The van der Waals surface area contributed by atoms with Gasteiger partial charge in [-0.05, 0) is 32.8 Å². The van der Waals surface area contributed by atoms with Gasteiger partial charge in [-0.1, -0.05) is 30.3 Å². The molecule has 2 heterocycles. The molecule has 154 valence electrons. The Labute approximate surface area is 166 Å². The highest BCUT2D eigenvalue weighted by atomic mass is 16.6. The van der Waals surface area contributed by atoms with Gasteiger partial charge in [0, 0.05) is 44.1 Å². The van der Waals surface area contributed by atoms with Crippen molar-refractivity contribution < 1.29 is 24.2 Å². The van der Waals surface area contributed by atoms with Gasteiger partial charge in [-0.15, -0.1) is 0 Å². The maximum absolute atomic E-state index is 12.5. The highest BCUT2D eigenvalue weighted by Crippen LogP contribution is 2.44. The fourth-order valence-corrected chi connectivity index (χ4v) is 4.07. The van der Waals surface area contributed by atoms with E-state index in [1.807, 2.05) is 51.1 Å². The minimum atomic E-state index is -0.565. The number of carbonyl (C=O) groups excluding carboxylic acids is 2. The van der Waals surface area contributed by atoms with Crippen molar-refractivity contribution in [2.24, 2.45) is 11.3 Å². The van der Waals surface area contributed by atoms with Crippen LogP contribution in [-0.4, -0.2) is 65.5 Å². The van der Waals surface area contributed by atoms with Crippen LogP contribution in [0.25, 0.3) is 0 Å². The van der Waals surface area contributed by atoms with Crippen molar-refractivity contribution >= 4 is 12.2 Å². The zero-order valence-corrected chi connectivity index (χ0v) is 16.9. The molecule has 2 unspecified atom stereocenters. The highest BCUT2D eigenvalue weighted by molar-refractivity contribution is 5.70. The zero-order valence-electron chi connectivity index (χ0n) is 16.9. The van der Waals surface area contributed by atoms with Gasteiger partial charge in [0.1, 0.15) is 12.2 Å². The van der Waals surface area contributed by atoms with Crippen molar-refractivity contribution in [2.45, 2.75) is 39.4 Å². The van der Waals surface area contributed by atoms with E-state index in [9.17, 15) is 14.7 Å². The lowest BCUT2D eigenvalue weighted by Crippen LogP contribution is -2.39. The Balaban J connectivity index is 1.59. The second kappa shape index (κ2) is 7.99. The molecule has 3 rings (SSSR count). The summed E-state index contributed by atoms with van der Waals surface area (Å²) in [6, 6.07) is 9.56. The maximum Gasteiger partial charge on any atom is 0.410 e. The number of likely N-dealkylation sites (tertiary alicyclic amines) is 2. The fraction of sp³-hybridized carbons (Fsp3) is 0.619. The normalized spacial score (nSPS) is 24.6. The Morgan fingerprint density at radius 3 is 2.46 bits per heavy atom. The first kappa shape index (κ1) is 20.5. The quantitative estimate of drug-likeness (QED) is 0.859. The van der Waals surface area contributed by atoms with Crippen molar-refractivity contribution in [1.82, 2.24) is 9.80 Å². The van der Waals surface area contributed by atoms with E-state index in [4.69, 9.17) is 9.47 Å². The molecule has 0 saturated carbocycles. The van der Waals surface area contributed by atoms with Gasteiger partial charge in [0.15, 0.2) is 0 Å². The van der Waals surface area contributed by atoms with Gasteiger partial charge in [-0.25, -0.2) is 9.59 Å². The second-order valence-electron chi connectivity index (χ2n) is 8.81. The fourth-order valence-electron chi connectivity index (χ4n) is 4.07. The molecular weight excluding hydrogens is 360 g/mol. The molecule has 7 nitrogen and oxygen atoms in total. The van der Waals surface area contributed by atoms with Gasteiger partial charge in [0.25, 0.3) is 0 Å². The summed E-state index contributed by atoms with van der Waals surface area (Å²) in [7, 11) is 0. The molecule has 2 aliphatic heterocycles. The number of amides is 2. The van der Waals surface area contributed by atoms with Crippen molar-refractivity contribution in [3.8, 4) is 0 Å². The van der Waals surface area contributed by atoms with Gasteiger partial charge in [-0.2, -0.15) is 0 Å². The minimum absolute atomic E-state index is 0.0216. The molecule has 1 aromatic carbocycles. The van der Waals surface area contributed by atoms with Gasteiger partial charge >= 0.3 is 12.2 Å². The average Bonchev–Trinajstić information content (AvgIpc) is 3.24. The van der Waals surface area contributed by atoms with Crippen LogP contribution < -0.4 is 0 Å². The molecule has 2 atom stereocenters. The van der Waals surface area contributed by atoms with Crippen LogP contribution in [-0.2, 0) is 16.1 Å². The number of carbonyl (C=O) groups is 2. The first-order valence-corrected chi connectivity index (χ1v) is 9.77. The van der Waals surface area contributed by atoms with Crippen LogP contribution >= 0.6 is 0 Å². The average molecular weight is 390 g/mol. The van der Waals surface area contributed by atoms with Crippen LogP contribution in [0.1, 0.15) is 32.8 Å². The van der Waals surface area contributed by atoms with Crippen LogP contribution in [0.3, 0.4) is 0 Å². The predicted molar refractivity (Wildman–Crippen MR) is 104 cm³/mol. The molecular formula is C21H30N2O5. The molecule has 0 radical (unpaired) electrons. The molecule has 1 N–H and O–H groups in total. The molecule has 0 aromatic heterocycles. The minimum Gasteiger partial charge on any atom is -0.445 e. The molecule has 2 saturated heterocycles. The highest BCUT2D eigenvalue weighted by Gasteiger charge is 2.53. The SMILES string of the molecule is CC(C)(C)OC(=O)N1CC(CO)C2(CCN(C(=O)OCc3ccccc3)C2)C1. The molecule has 2 aliphatic rings. The van der Waals surface area contributed by atoms with E-state index < -0.39 is 5.60 Å². The van der Waals surface area contributed by atoms with Crippen LogP contribution in [0.4, 0.5) is 9.59 Å². The van der Waals surface area contributed by atoms with Crippen molar-refractivity contribution in [1.29, 1.82) is 0 Å². The summed E-state index contributed by atoms with van der Waals surface area (Å²) in [4.78, 5) is 28.3. The Hall–Kier alpha value is -2.28. The largest absolute Gasteiger partial charge is 0.445 e. The number of benzene rings is 1. The molecule has 1 spiro atoms. The molecule has 2 fully saturated rings. The monoisotopic (exact) mass is 390 g/mol. The number of nitrogens with zero attached hydrogens (tertiary/aromatic N) is 2. The van der Waals surface area contributed by atoms with Crippen molar-refractivity contribution in [3.63, 3.8) is 0 Å². The smallest absolute Gasteiger partial charge is 0.410 e. The van der Waals surface area contributed by atoms with Crippen LogP contribution in [0.2, 0.25) is 0 Å². The number of ether oxygens (including phenoxy) is 2. The topological polar surface area (TPSA) is 79.3 Å². The van der Waals surface area contributed by atoms with Gasteiger partial charge in [0.05, 0.1) is 0 Å². The molecule has 1 aromatic rings. The van der Waals surface area contributed by atoms with Crippen LogP contribution in [0.5, 0.6) is 0 Å². The molecule has 0 bridgehead atoms. The Bertz CT molecular complexity index is 702. The van der Waals surface area contributed by atoms with E-state index in [-0.39, 0.29) is 36.7 Å². The van der Waals surface area contributed by atoms with Crippen molar-refractivity contribution in [3.05, 3.63) is 35.9 Å². The number of rotatable bonds is 3. The first-order chi connectivity index (χ1) is 13.2. The Morgan fingerprint density at radius 2 is 1.82 bits per heavy atom. The Kier molecular flexibility index (Phi) is 5.84. The lowest BCUT2D eigenvalue weighted by atomic mass is 9.78. The third-order valence-corrected chi connectivity index (χ3v) is 5.53. The number of hydrogen-bond acceptors (Lipinski definition) is 5. The molecule has 0 aliphatic carbocycles. The molecule has 28 heavy (non-hydrogen) atoms. The summed E-state index contributed by atoms with van der Waals surface area (Å²) in [6.07, 6.45) is 0.0129. The maximum atomic E-state index is 12.5. The van der Waals surface area contributed by atoms with E-state index >= 15 is 0 Å². The van der Waals surface area contributed by atoms with Gasteiger partial charge in [0.2, 0.25) is 0 Å². The third kappa shape index (κ3) is 4.58. The lowest BCUT2D eigenvalue weighted by molar-refractivity contribution is 0.0273. The van der Waals surface area contributed by atoms with Gasteiger partial charge in [-0.3, -0.25) is 0 Å². The zero-order chi connectivity index (χ0) is 20.4. The standard InChI is InChI=1S/C21H30N2O5/c1-20(2,3)28-19(26)23-11-17(12-24)21(15-23)9-10-22(14-21)18(25)27-13-16-7-5-4-6-8-16/h4-8,17,24H,9-15H2,1-3H3. The van der Waals surface area contributed by atoms with Crippen LogP contribution in [0, 0.1) is 11.3 Å². The van der Waals surface area contributed by atoms with E-state index in [0.29, 0.717) is 26.2 Å². The van der Waals surface area contributed by atoms with E-state index in [0.717, 1.165) is 12.0 Å². The number of aliphatic hydroxyl groups excluding tert-OH is 1. The summed E-state index contributed by atoms with van der Waals surface area (Å²) < 4.78 is 10.9. The van der Waals surface area contributed by atoms with E-state index in [1.54, 1.807) is 9.80 Å². The van der Waals surface area contributed by atoms with Crippen molar-refractivity contribution in [2.75, 3.05) is 32.8 Å². The molecule has 2 amide bonds. The lowest BCUT2D eigenvalue weighted by Gasteiger charge is -2.29. The van der Waals surface area contributed by atoms with E-state index in [2.05, 4.69) is 0 Å².